The molecule has 1 aromatic rings. The molecule has 0 unspecified atom stereocenters. The smallest absolute Gasteiger partial charge is 0.417 e. The minimum Gasteiger partial charge on any atom is -0.465 e. The van der Waals surface area contributed by atoms with Crippen LogP contribution in [0.3, 0.4) is 0 Å². The first-order chi connectivity index (χ1) is 11.6. The number of benzene rings is 1. The van der Waals surface area contributed by atoms with Gasteiger partial charge in [0.2, 0.25) is 5.91 Å². The highest BCUT2D eigenvalue weighted by molar-refractivity contribution is 5.94. The lowest BCUT2D eigenvalue weighted by molar-refractivity contribution is -0.137. The molecule has 2 amide bonds. The van der Waals surface area contributed by atoms with Gasteiger partial charge in [-0.05, 0) is 50.8 Å². The van der Waals surface area contributed by atoms with Gasteiger partial charge in [0.1, 0.15) is 5.60 Å². The highest BCUT2D eigenvalue weighted by Gasteiger charge is 2.39. The van der Waals surface area contributed by atoms with Crippen molar-refractivity contribution in [1.82, 2.24) is 4.90 Å². The van der Waals surface area contributed by atoms with Crippen LogP contribution in [0.15, 0.2) is 24.3 Å². The lowest BCUT2D eigenvalue weighted by Crippen LogP contribution is -2.48. The zero-order chi connectivity index (χ0) is 18.8. The predicted molar refractivity (Wildman–Crippen MR) is 92.3 cm³/mol. The van der Waals surface area contributed by atoms with Gasteiger partial charge < -0.3 is 9.47 Å². The van der Waals surface area contributed by atoms with Crippen molar-refractivity contribution in [2.24, 2.45) is 5.92 Å². The van der Waals surface area contributed by atoms with Crippen molar-refractivity contribution in [3.63, 3.8) is 0 Å². The molecule has 2 rings (SSSR count). The quantitative estimate of drug-likeness (QED) is 0.767. The number of hydrogen-bond donors (Lipinski definition) is 0. The molecule has 1 saturated heterocycles. The van der Waals surface area contributed by atoms with Crippen molar-refractivity contribution in [3.8, 4) is 0 Å². The SMILES string of the molecule is COC(=O)c1cccc([C@H]2CCN(C(=O)OC(C)(C)C)C(=O)[C@@H]2C)c1. The molecule has 1 heterocycles. The first-order valence-corrected chi connectivity index (χ1v) is 8.36. The van der Waals surface area contributed by atoms with E-state index in [9.17, 15) is 14.4 Å². The normalized spacial score (nSPS) is 21.0. The van der Waals surface area contributed by atoms with Crippen molar-refractivity contribution in [2.75, 3.05) is 13.7 Å². The second kappa shape index (κ2) is 7.25. The van der Waals surface area contributed by atoms with Gasteiger partial charge in [0.25, 0.3) is 0 Å². The fourth-order valence-corrected chi connectivity index (χ4v) is 3.01. The molecular formula is C19H25NO5. The zero-order valence-corrected chi connectivity index (χ0v) is 15.4. The van der Waals surface area contributed by atoms with Crippen molar-refractivity contribution < 1.29 is 23.9 Å². The molecule has 0 saturated carbocycles. The van der Waals surface area contributed by atoms with Crippen molar-refractivity contribution in [2.45, 2.75) is 45.6 Å². The summed E-state index contributed by atoms with van der Waals surface area (Å²) in [6.07, 6.45) is 0.0163. The number of hydrogen-bond acceptors (Lipinski definition) is 5. The molecule has 0 radical (unpaired) electrons. The number of amides is 2. The van der Waals surface area contributed by atoms with E-state index in [0.717, 1.165) is 5.56 Å². The van der Waals surface area contributed by atoms with Crippen LogP contribution in [0.5, 0.6) is 0 Å². The van der Waals surface area contributed by atoms with Gasteiger partial charge in [-0.1, -0.05) is 19.1 Å². The van der Waals surface area contributed by atoms with E-state index in [0.29, 0.717) is 18.5 Å². The molecular weight excluding hydrogens is 322 g/mol. The van der Waals surface area contributed by atoms with Gasteiger partial charge in [0.05, 0.1) is 12.7 Å². The Kier molecular flexibility index (Phi) is 5.50. The van der Waals surface area contributed by atoms with Gasteiger partial charge in [-0.15, -0.1) is 0 Å². The van der Waals surface area contributed by atoms with Crippen LogP contribution in [-0.2, 0) is 14.3 Å². The van der Waals surface area contributed by atoms with Gasteiger partial charge in [0, 0.05) is 12.5 Å². The minimum absolute atomic E-state index is 0.0595. The minimum atomic E-state index is -0.647. The Labute approximate surface area is 148 Å². The number of piperidine rings is 1. The molecule has 1 aliphatic heterocycles. The number of imide groups is 1. The van der Waals surface area contributed by atoms with E-state index in [1.807, 2.05) is 6.07 Å². The zero-order valence-electron chi connectivity index (χ0n) is 15.4. The first kappa shape index (κ1) is 19.0. The molecule has 1 fully saturated rings. The largest absolute Gasteiger partial charge is 0.465 e. The third-order valence-corrected chi connectivity index (χ3v) is 4.27. The van der Waals surface area contributed by atoms with E-state index in [4.69, 9.17) is 9.47 Å². The Morgan fingerprint density at radius 1 is 1.24 bits per heavy atom. The molecule has 6 heteroatoms. The topological polar surface area (TPSA) is 72.9 Å². The summed E-state index contributed by atoms with van der Waals surface area (Å²) in [5.74, 6) is -1.11. The van der Waals surface area contributed by atoms with Crippen LogP contribution < -0.4 is 0 Å². The van der Waals surface area contributed by atoms with E-state index in [1.165, 1.54) is 12.0 Å². The first-order valence-electron chi connectivity index (χ1n) is 8.36. The highest BCUT2D eigenvalue weighted by Crippen LogP contribution is 2.34. The van der Waals surface area contributed by atoms with Crippen molar-refractivity contribution in [3.05, 3.63) is 35.4 Å². The number of likely N-dealkylation sites (tertiary alicyclic amines) is 1. The van der Waals surface area contributed by atoms with Crippen LogP contribution in [0, 0.1) is 5.92 Å². The molecule has 1 aromatic carbocycles. The maximum Gasteiger partial charge on any atom is 0.417 e. The summed E-state index contributed by atoms with van der Waals surface area (Å²) in [5.41, 5.74) is 0.702. The lowest BCUT2D eigenvalue weighted by atomic mass is 9.80. The number of carbonyl (C=O) groups is 3. The standard InChI is InChI=1S/C19H25NO5/c1-12-15(13-7-6-8-14(11-13)17(22)24-5)9-10-20(16(12)21)18(23)25-19(2,3)4/h6-8,11-12,15H,9-10H2,1-5H3/t12-,15+/m1/s1. The average molecular weight is 347 g/mol. The monoisotopic (exact) mass is 347 g/mol. The number of methoxy groups -OCH3 is 1. The fraction of sp³-hybridized carbons (Fsp3) is 0.526. The Morgan fingerprint density at radius 2 is 1.92 bits per heavy atom. The summed E-state index contributed by atoms with van der Waals surface area (Å²) in [6, 6.07) is 7.10. The van der Waals surface area contributed by atoms with Crippen molar-refractivity contribution in [1.29, 1.82) is 0 Å². The van der Waals surface area contributed by atoms with Crippen LogP contribution in [0.4, 0.5) is 4.79 Å². The van der Waals surface area contributed by atoms with Crippen LogP contribution in [0.25, 0.3) is 0 Å². The number of esters is 1. The number of rotatable bonds is 2. The van der Waals surface area contributed by atoms with Crippen LogP contribution in [0.2, 0.25) is 0 Å². The van der Waals surface area contributed by atoms with Gasteiger partial charge in [0.15, 0.2) is 0 Å². The molecule has 0 bridgehead atoms. The molecule has 136 valence electrons. The lowest BCUT2D eigenvalue weighted by Gasteiger charge is -2.36. The van der Waals surface area contributed by atoms with E-state index >= 15 is 0 Å². The van der Waals surface area contributed by atoms with E-state index in [-0.39, 0.29) is 17.7 Å². The summed E-state index contributed by atoms with van der Waals surface area (Å²) < 4.78 is 10.1. The maximum absolute atomic E-state index is 12.6. The molecule has 0 aromatic heterocycles. The van der Waals surface area contributed by atoms with Crippen LogP contribution in [0.1, 0.15) is 56.0 Å². The summed E-state index contributed by atoms with van der Waals surface area (Å²) in [4.78, 5) is 37.7. The van der Waals surface area contributed by atoms with Crippen molar-refractivity contribution >= 4 is 18.0 Å². The highest BCUT2D eigenvalue weighted by atomic mass is 16.6. The Morgan fingerprint density at radius 3 is 2.52 bits per heavy atom. The molecule has 0 aliphatic carbocycles. The molecule has 0 N–H and O–H groups in total. The number of nitrogens with zero attached hydrogens (tertiary/aromatic N) is 1. The van der Waals surface area contributed by atoms with Gasteiger partial charge in [-0.2, -0.15) is 0 Å². The third-order valence-electron chi connectivity index (χ3n) is 4.27. The summed E-state index contributed by atoms with van der Waals surface area (Å²) >= 11 is 0. The van der Waals surface area contributed by atoms with Crippen LogP contribution >= 0.6 is 0 Å². The second-order valence-corrected chi connectivity index (χ2v) is 7.27. The molecule has 0 spiro atoms. The number of ether oxygens (including phenoxy) is 2. The van der Waals surface area contributed by atoms with E-state index in [1.54, 1.807) is 45.9 Å². The van der Waals surface area contributed by atoms with Gasteiger partial charge >= 0.3 is 12.1 Å². The van der Waals surface area contributed by atoms with Crippen LogP contribution in [-0.4, -0.2) is 42.1 Å². The van der Waals surface area contributed by atoms with E-state index < -0.39 is 17.7 Å². The molecule has 1 aliphatic rings. The Bertz CT molecular complexity index is 677. The Hall–Kier alpha value is -2.37. The molecule has 6 nitrogen and oxygen atoms in total. The van der Waals surface area contributed by atoms with Gasteiger partial charge in [-0.25, -0.2) is 14.5 Å². The third kappa shape index (κ3) is 4.38. The predicted octanol–water partition coefficient (Wildman–Crippen LogP) is 3.36. The molecule has 2 atom stereocenters. The molecule has 25 heavy (non-hydrogen) atoms. The number of carbonyl (C=O) groups excluding carboxylic acids is 3. The van der Waals surface area contributed by atoms with Gasteiger partial charge in [-0.3, -0.25) is 4.79 Å². The average Bonchev–Trinajstić information content (AvgIpc) is 2.55. The summed E-state index contributed by atoms with van der Waals surface area (Å²) in [5, 5.41) is 0. The fourth-order valence-electron chi connectivity index (χ4n) is 3.01. The summed E-state index contributed by atoms with van der Waals surface area (Å²) in [7, 11) is 1.33. The second-order valence-electron chi connectivity index (χ2n) is 7.27. The van der Waals surface area contributed by atoms with E-state index in [2.05, 4.69) is 0 Å². The summed E-state index contributed by atoms with van der Waals surface area (Å²) in [6.45, 7) is 7.40. The maximum atomic E-state index is 12.6. The Balaban J connectivity index is 2.17.